The van der Waals surface area contributed by atoms with Crippen LogP contribution < -0.4 is 11.1 Å². The van der Waals surface area contributed by atoms with Crippen LogP contribution in [0.1, 0.15) is 36.5 Å². The smallest absolute Gasteiger partial charge is 0.416 e. The number of aliphatic carboxylic acids is 1. The van der Waals surface area contributed by atoms with Crippen LogP contribution in [0.2, 0.25) is 0 Å². The predicted octanol–water partition coefficient (Wildman–Crippen LogP) is 3.35. The molecule has 4 N–H and O–H groups in total. The Morgan fingerprint density at radius 1 is 1.40 bits per heavy atom. The molecule has 1 aromatic rings. The molecule has 0 aliphatic carbocycles. The quantitative estimate of drug-likeness (QED) is 0.267. The maximum absolute atomic E-state index is 12.7. The van der Waals surface area contributed by atoms with Crippen LogP contribution in [0.3, 0.4) is 0 Å². The van der Waals surface area contributed by atoms with E-state index >= 15 is 0 Å². The number of rotatable bonds is 7. The van der Waals surface area contributed by atoms with E-state index in [2.05, 4.69) is 16.9 Å². The van der Waals surface area contributed by atoms with E-state index in [1.54, 1.807) is 0 Å². The number of aliphatic imine (C=N–C) groups is 1. The molecule has 1 saturated heterocycles. The van der Waals surface area contributed by atoms with Gasteiger partial charge in [-0.3, -0.25) is 0 Å². The van der Waals surface area contributed by atoms with Gasteiger partial charge >= 0.3 is 12.1 Å². The number of halogens is 3. The van der Waals surface area contributed by atoms with Crippen LogP contribution in [0.4, 0.5) is 13.2 Å². The number of carbonyl (C=O) groups is 1. The van der Waals surface area contributed by atoms with Crippen LogP contribution in [-0.4, -0.2) is 36.7 Å². The molecule has 7 nitrogen and oxygen atoms in total. The van der Waals surface area contributed by atoms with Gasteiger partial charge in [-0.25, -0.2) is 4.79 Å². The highest BCUT2D eigenvalue weighted by molar-refractivity contribution is 6.00. The van der Waals surface area contributed by atoms with Crippen LogP contribution >= 0.6 is 0 Å². The van der Waals surface area contributed by atoms with Crippen molar-refractivity contribution in [3.05, 3.63) is 59.6 Å². The van der Waals surface area contributed by atoms with Gasteiger partial charge in [-0.2, -0.15) is 18.2 Å². The van der Waals surface area contributed by atoms with E-state index in [4.69, 9.17) is 20.3 Å². The minimum Gasteiger partial charge on any atom is -0.481 e. The second kappa shape index (κ2) is 10.1. The first-order valence-corrected chi connectivity index (χ1v) is 9.18. The lowest BCUT2D eigenvalue weighted by molar-refractivity contribution is -0.137. The molecule has 0 spiro atoms. The van der Waals surface area contributed by atoms with Crippen LogP contribution in [-0.2, 0) is 20.4 Å². The number of carboxylic acids is 1. The number of benzene rings is 1. The highest BCUT2D eigenvalue weighted by Gasteiger charge is 2.31. The van der Waals surface area contributed by atoms with E-state index in [1.165, 1.54) is 19.2 Å². The Kier molecular flexibility index (Phi) is 7.87. The summed E-state index contributed by atoms with van der Waals surface area (Å²) in [5.41, 5.74) is 4.99. The fourth-order valence-corrected chi connectivity index (χ4v) is 2.91. The molecule has 164 valence electrons. The highest BCUT2D eigenvalue weighted by Crippen LogP contribution is 2.34. The summed E-state index contributed by atoms with van der Waals surface area (Å²) < 4.78 is 49.1. The molecular formula is C20H24F3N3O4. The molecule has 0 saturated carbocycles. The van der Waals surface area contributed by atoms with Crippen molar-refractivity contribution in [2.75, 3.05) is 13.7 Å². The number of amidine groups is 1. The topological polar surface area (TPSA) is 106 Å². The third-order valence-corrected chi connectivity index (χ3v) is 4.49. The first kappa shape index (κ1) is 23.3. The van der Waals surface area contributed by atoms with E-state index in [0.717, 1.165) is 31.1 Å². The fourth-order valence-electron chi connectivity index (χ4n) is 2.91. The Morgan fingerprint density at radius 3 is 2.63 bits per heavy atom. The van der Waals surface area contributed by atoms with Crippen molar-refractivity contribution in [2.45, 2.75) is 37.6 Å². The average molecular weight is 427 g/mol. The van der Waals surface area contributed by atoms with Crippen molar-refractivity contribution in [1.29, 1.82) is 0 Å². The van der Waals surface area contributed by atoms with Gasteiger partial charge in [0.25, 0.3) is 0 Å². The molecule has 30 heavy (non-hydrogen) atoms. The third kappa shape index (κ3) is 6.80. The van der Waals surface area contributed by atoms with Gasteiger partial charge in [0.1, 0.15) is 11.5 Å². The molecule has 2 rings (SSSR count). The van der Waals surface area contributed by atoms with E-state index < -0.39 is 23.4 Å². The van der Waals surface area contributed by atoms with Crippen LogP contribution in [0.15, 0.2) is 53.5 Å². The van der Waals surface area contributed by atoms with Gasteiger partial charge < -0.3 is 25.6 Å². The van der Waals surface area contributed by atoms with Crippen LogP contribution in [0, 0.1) is 0 Å². The Hall–Kier alpha value is -3.01. The predicted molar refractivity (Wildman–Crippen MR) is 104 cm³/mol. The molecule has 1 heterocycles. The van der Waals surface area contributed by atoms with Gasteiger partial charge in [0, 0.05) is 12.6 Å². The molecule has 0 radical (unpaired) electrons. The normalized spacial score (nSPS) is 20.5. The molecule has 1 aliphatic heterocycles. The van der Waals surface area contributed by atoms with Crippen molar-refractivity contribution in [3.63, 3.8) is 0 Å². The second-order valence-electron chi connectivity index (χ2n) is 6.68. The van der Waals surface area contributed by atoms with Crippen LogP contribution in [0.5, 0.6) is 0 Å². The number of alkyl halides is 3. The zero-order valence-corrected chi connectivity index (χ0v) is 16.4. The first-order valence-electron chi connectivity index (χ1n) is 9.18. The molecule has 0 unspecified atom stereocenters. The summed E-state index contributed by atoms with van der Waals surface area (Å²) in [6.45, 7) is 3.85. The third-order valence-electron chi connectivity index (χ3n) is 4.49. The summed E-state index contributed by atoms with van der Waals surface area (Å²) in [5.74, 6) is -1.11. The Morgan fingerprint density at radius 2 is 2.07 bits per heavy atom. The molecule has 2 atom stereocenters. The number of nitrogens with one attached hydrogen (secondary N) is 1. The number of hydrogen-bond acceptors (Lipinski definition) is 5. The lowest BCUT2D eigenvalue weighted by Crippen LogP contribution is -2.36. The van der Waals surface area contributed by atoms with Gasteiger partial charge in [-0.1, -0.05) is 12.1 Å². The maximum atomic E-state index is 12.7. The summed E-state index contributed by atoms with van der Waals surface area (Å²) in [6, 6.07) is 4.94. The minimum absolute atomic E-state index is 0.0548. The lowest BCUT2D eigenvalue weighted by atomic mass is 9.97. The van der Waals surface area contributed by atoms with Crippen molar-refractivity contribution in [3.8, 4) is 0 Å². The minimum atomic E-state index is -4.38. The van der Waals surface area contributed by atoms with E-state index in [9.17, 15) is 18.0 Å². The van der Waals surface area contributed by atoms with Gasteiger partial charge in [0.2, 0.25) is 5.88 Å². The summed E-state index contributed by atoms with van der Waals surface area (Å²) >= 11 is 0. The van der Waals surface area contributed by atoms with Crippen LogP contribution in [0.25, 0.3) is 0 Å². The zero-order valence-electron chi connectivity index (χ0n) is 16.4. The molecule has 0 aromatic heterocycles. The van der Waals surface area contributed by atoms with Gasteiger partial charge in [-0.15, -0.1) is 0 Å². The summed E-state index contributed by atoms with van der Waals surface area (Å²) in [6.07, 6.45) is -1.60. The highest BCUT2D eigenvalue weighted by atomic mass is 19.4. The molecule has 1 aliphatic rings. The lowest BCUT2D eigenvalue weighted by Gasteiger charge is -2.31. The molecule has 0 amide bonds. The van der Waals surface area contributed by atoms with Crippen molar-refractivity contribution < 1.29 is 32.5 Å². The van der Waals surface area contributed by atoms with Gasteiger partial charge in [0.15, 0.2) is 0 Å². The second-order valence-corrected chi connectivity index (χ2v) is 6.68. The van der Waals surface area contributed by atoms with Crippen molar-refractivity contribution >= 4 is 11.8 Å². The molecular weight excluding hydrogens is 403 g/mol. The molecule has 1 fully saturated rings. The van der Waals surface area contributed by atoms with Crippen molar-refractivity contribution in [1.82, 2.24) is 5.32 Å². The summed E-state index contributed by atoms with van der Waals surface area (Å²) in [4.78, 5) is 15.0. The molecule has 10 heteroatoms. The van der Waals surface area contributed by atoms with E-state index in [-0.39, 0.29) is 30.5 Å². The number of carboxylic acid groups (broad SMARTS) is 1. The monoisotopic (exact) mass is 427 g/mol. The Labute approximate surface area is 172 Å². The van der Waals surface area contributed by atoms with Crippen molar-refractivity contribution in [2.24, 2.45) is 10.7 Å². The standard InChI is InChI=1S/C20H24F3N3O4/c1-12(29-2)26-18(10-16(24)19(27)28)25-11-15-4-3-5-17(30-15)13-6-8-14(9-7-13)20(21,22)23/h6-10,15,17H,1,3-5,11,24H2,2H3,(H,25,26)(H,27,28)/b16-10-/t15-,17+/m1/s1. The van der Waals surface area contributed by atoms with Gasteiger partial charge in [-0.05, 0) is 43.5 Å². The summed E-state index contributed by atoms with van der Waals surface area (Å²) in [5, 5.41) is 11.9. The fraction of sp³-hybridized carbons (Fsp3) is 0.400. The summed E-state index contributed by atoms with van der Waals surface area (Å²) in [7, 11) is 1.37. The molecule has 0 bridgehead atoms. The SMILES string of the molecule is C=C(/N=C(\C=C(/N)C(=O)O)NC[C@H]1CCC[C@@H](c2ccc(C(F)(F)F)cc2)O1)OC. The largest absolute Gasteiger partial charge is 0.481 e. The van der Waals surface area contributed by atoms with E-state index in [0.29, 0.717) is 12.0 Å². The molecule has 1 aromatic carbocycles. The number of nitrogens with zero attached hydrogens (tertiary/aromatic N) is 1. The van der Waals surface area contributed by atoms with E-state index in [1.807, 2.05) is 0 Å². The Balaban J connectivity index is 2.04. The maximum Gasteiger partial charge on any atom is 0.416 e. The number of nitrogens with two attached hydrogens (primary N) is 1. The number of hydrogen-bond donors (Lipinski definition) is 3. The number of ether oxygens (including phenoxy) is 2. The first-order chi connectivity index (χ1) is 14.1. The average Bonchev–Trinajstić information content (AvgIpc) is 2.71. The number of methoxy groups -OCH3 is 1. The van der Waals surface area contributed by atoms with Gasteiger partial charge in [0.05, 0.1) is 24.9 Å². The zero-order chi connectivity index (χ0) is 22.3. The Bertz CT molecular complexity index is 820.